The number of aliphatic imine (C=N–C) groups is 2. The number of rotatable bonds is 48. The number of carboxylic acids is 1. The first kappa shape index (κ1) is 87.6. The maximum absolute atomic E-state index is 14.4. The number of aliphatic hydroxyl groups is 1. The Hall–Kier alpha value is -10.5. The van der Waals surface area contributed by atoms with Crippen LogP contribution in [0.1, 0.15) is 123 Å². The summed E-state index contributed by atoms with van der Waals surface area (Å²) >= 11 is 0. The second-order valence-electron chi connectivity index (χ2n) is 25.2. The number of aromatic hydroxyl groups is 2. The number of carboxylic acid groups (broad SMARTS) is 1. The van der Waals surface area contributed by atoms with Crippen LogP contribution in [-0.4, -0.2) is 208 Å². The van der Waals surface area contributed by atoms with E-state index in [0.29, 0.717) is 17.5 Å². The maximum atomic E-state index is 14.4. The van der Waals surface area contributed by atoms with Gasteiger partial charge in [-0.3, -0.25) is 77.7 Å². The maximum Gasteiger partial charge on any atom is 0.322 e. The molecule has 0 aliphatic rings. The minimum atomic E-state index is -1.81. The third kappa shape index (κ3) is 35.5. The lowest BCUT2D eigenvalue weighted by Gasteiger charge is -2.28. The standard InChI is InChI=1S/C64H105N21O17/c1-33(2)27-46(81-53(93)35(5)76-54(94)41(66)29-37-14-18-39(87)19-15-37)60(100)79-43(11-7-8-24-65)57(97)78-44(13-10-26-73-64(70)71)58(98)80-45(22-23-49(67)89)55(95)74-31-50(90)77-42(12-9-25-72-63(68)69)59(99)83-52(36(6)86)62(102)82-47(28-34(3)4)61(101)85-84-48(56(96)75-32-51(91)92)30-38-16-20-40(88)21-17-38/h14-21,33-36,41-48,52,84,86-88H,7-13,22-32,65-66H2,1-6H3,(H2,67,89)(H,74,95)(H,75,96)(H,76,94)(H,77,90)(H,78,97)(H,79,100)(H,80,98)(H,81,93)(H,82,102)(H,83,99)(H,85,101)(H,91,92)(H4,68,69,72)(H4,70,71,73)/t35-,36+,41-,42-,43-,44-,45-,46-,47-,48-,52-/m0/s1. The summed E-state index contributed by atoms with van der Waals surface area (Å²) in [7, 11) is 0. The lowest BCUT2D eigenvalue weighted by molar-refractivity contribution is -0.138. The average molecular weight is 1440 g/mol. The summed E-state index contributed by atoms with van der Waals surface area (Å²) in [5.41, 5.74) is 45.5. The summed E-state index contributed by atoms with van der Waals surface area (Å²) in [5, 5.41) is 64.2. The topological polar surface area (TPSA) is 654 Å². The molecule has 2 aromatic carbocycles. The predicted octanol–water partition coefficient (Wildman–Crippen LogP) is -6.61. The smallest absolute Gasteiger partial charge is 0.322 e. The average Bonchev–Trinajstić information content (AvgIpc) is 0.868. The van der Waals surface area contributed by atoms with Crippen LogP contribution in [0.2, 0.25) is 0 Å². The minimum absolute atomic E-state index is 0.0166. The number of phenols is 2. The van der Waals surface area contributed by atoms with Gasteiger partial charge >= 0.3 is 5.97 Å². The first-order valence-electron chi connectivity index (χ1n) is 33.3. The van der Waals surface area contributed by atoms with Crippen LogP contribution >= 0.6 is 0 Å². The summed E-state index contributed by atoms with van der Waals surface area (Å²) in [6, 6.07) is -2.39. The van der Waals surface area contributed by atoms with Crippen LogP contribution in [0.5, 0.6) is 11.5 Å². The van der Waals surface area contributed by atoms with Crippen LogP contribution in [0, 0.1) is 11.8 Å². The molecule has 38 nitrogen and oxygen atoms in total. The third-order valence-corrected chi connectivity index (χ3v) is 15.2. The molecule has 0 spiro atoms. The zero-order valence-corrected chi connectivity index (χ0v) is 58.4. The van der Waals surface area contributed by atoms with E-state index in [4.69, 9.17) is 45.2 Å². The lowest BCUT2D eigenvalue weighted by Crippen LogP contribution is -2.62. The largest absolute Gasteiger partial charge is 0.508 e. The molecule has 0 aromatic heterocycles. The van der Waals surface area contributed by atoms with Crippen molar-refractivity contribution in [2.75, 3.05) is 32.7 Å². The summed E-state index contributed by atoms with van der Waals surface area (Å²) in [6.45, 7) is 7.95. The fourth-order valence-electron chi connectivity index (χ4n) is 9.81. The first-order valence-corrected chi connectivity index (χ1v) is 33.3. The second-order valence-corrected chi connectivity index (χ2v) is 25.2. The molecule has 568 valence electrons. The van der Waals surface area contributed by atoms with Crippen LogP contribution in [-0.2, 0) is 75.2 Å². The first-order chi connectivity index (χ1) is 48.0. The molecule has 12 amide bonds. The molecule has 38 heteroatoms. The van der Waals surface area contributed by atoms with Crippen LogP contribution in [0.15, 0.2) is 58.5 Å². The van der Waals surface area contributed by atoms with Crippen LogP contribution in [0.25, 0.3) is 0 Å². The van der Waals surface area contributed by atoms with Crippen molar-refractivity contribution in [1.29, 1.82) is 0 Å². The Bertz CT molecular complexity index is 3170. The van der Waals surface area contributed by atoms with Gasteiger partial charge in [0, 0.05) is 19.5 Å². The van der Waals surface area contributed by atoms with Crippen molar-refractivity contribution >= 4 is 88.8 Å². The van der Waals surface area contributed by atoms with E-state index in [-0.39, 0.29) is 119 Å². The van der Waals surface area contributed by atoms with E-state index in [1.165, 1.54) is 43.3 Å². The molecule has 0 bridgehead atoms. The quantitative estimate of drug-likeness (QED) is 0.0127. The Kier molecular flexibility index (Phi) is 39.6. The molecular weight excluding hydrogens is 1330 g/mol. The lowest BCUT2D eigenvalue weighted by atomic mass is 10.0. The number of nitrogens with one attached hydrogen (secondary N) is 12. The number of aliphatic hydroxyl groups excluding tert-OH is 1. The molecule has 2 rings (SSSR count). The number of benzene rings is 2. The van der Waals surface area contributed by atoms with E-state index in [1.807, 2.05) is 0 Å². The highest BCUT2D eigenvalue weighted by atomic mass is 16.4. The van der Waals surface area contributed by atoms with Gasteiger partial charge in [-0.25, -0.2) is 5.43 Å². The number of hydrazine groups is 1. The number of phenolic OH excluding ortho intramolecular Hbond substituents is 2. The highest BCUT2D eigenvalue weighted by Crippen LogP contribution is 2.15. The molecule has 0 aliphatic carbocycles. The number of hydrogen-bond donors (Lipinski definition) is 23. The van der Waals surface area contributed by atoms with Gasteiger partial charge in [-0.1, -0.05) is 52.0 Å². The fraction of sp³-hybridized carbons (Fsp3) is 0.578. The number of nitrogens with two attached hydrogens (primary N) is 7. The Morgan fingerprint density at radius 3 is 1.34 bits per heavy atom. The molecule has 2 aromatic rings. The van der Waals surface area contributed by atoms with Gasteiger partial charge < -0.3 is 114 Å². The number of carbonyl (C=O) groups excluding carboxylic acids is 12. The highest BCUT2D eigenvalue weighted by Gasteiger charge is 2.36. The molecular formula is C64H105N21O17. The van der Waals surface area contributed by atoms with Gasteiger partial charge in [0.25, 0.3) is 5.91 Å². The van der Waals surface area contributed by atoms with Gasteiger partial charge in [0.1, 0.15) is 72.4 Å². The van der Waals surface area contributed by atoms with Gasteiger partial charge in [-0.15, -0.1) is 0 Å². The number of unbranched alkanes of at least 4 members (excludes halogenated alkanes) is 1. The van der Waals surface area contributed by atoms with E-state index in [9.17, 15) is 77.6 Å². The fourth-order valence-corrected chi connectivity index (χ4v) is 9.81. The van der Waals surface area contributed by atoms with Crippen molar-refractivity contribution in [2.24, 2.45) is 62.0 Å². The monoisotopic (exact) mass is 1440 g/mol. The van der Waals surface area contributed by atoms with Crippen LogP contribution < -0.4 is 104 Å². The molecule has 102 heavy (non-hydrogen) atoms. The molecule has 0 saturated heterocycles. The number of carbonyl (C=O) groups is 13. The molecule has 0 fully saturated rings. The molecule has 11 atom stereocenters. The van der Waals surface area contributed by atoms with E-state index in [0.717, 1.165) is 6.92 Å². The number of guanidine groups is 2. The van der Waals surface area contributed by atoms with Crippen LogP contribution in [0.4, 0.5) is 0 Å². The van der Waals surface area contributed by atoms with Crippen molar-refractivity contribution in [3.63, 3.8) is 0 Å². The Morgan fingerprint density at radius 1 is 0.451 bits per heavy atom. The highest BCUT2D eigenvalue weighted by molar-refractivity contribution is 5.98. The van der Waals surface area contributed by atoms with Crippen molar-refractivity contribution < 1.29 is 82.8 Å². The van der Waals surface area contributed by atoms with Gasteiger partial charge in [-0.2, -0.15) is 0 Å². The number of hydrogen-bond acceptors (Lipinski definition) is 21. The molecule has 0 saturated carbocycles. The van der Waals surface area contributed by atoms with Crippen molar-refractivity contribution in [1.82, 2.24) is 64.0 Å². The predicted molar refractivity (Wildman–Crippen MR) is 373 cm³/mol. The summed E-state index contributed by atoms with van der Waals surface area (Å²) in [5.74, 6) is -13.5. The molecule has 0 unspecified atom stereocenters. The van der Waals surface area contributed by atoms with Gasteiger partial charge in [-0.05, 0) is 145 Å². The summed E-state index contributed by atoms with van der Waals surface area (Å²) in [6.07, 6.45) is -2.34. The van der Waals surface area contributed by atoms with Gasteiger partial charge in [0.15, 0.2) is 11.9 Å². The van der Waals surface area contributed by atoms with E-state index in [2.05, 4.69) is 74.0 Å². The van der Waals surface area contributed by atoms with Crippen molar-refractivity contribution in [3.05, 3.63) is 59.7 Å². The minimum Gasteiger partial charge on any atom is -0.508 e. The third-order valence-electron chi connectivity index (χ3n) is 15.2. The SMILES string of the molecule is CC(C)C[C@H](NC(=O)[C@H](C)NC(=O)[C@@H](N)Cc1ccc(O)cc1)C(=O)N[C@@H](CCCCN)C(=O)N[C@@H](CCCN=C(N)N)C(=O)N[C@@H](CCC(N)=O)C(=O)NCC(=O)N[C@@H](CCCN=C(N)N)C(=O)N[C@H](C(=O)N[C@@H](CC(C)C)C(=O)NN[C@@H](Cc1ccc(O)cc1)C(=O)NCC(=O)O)[C@@H](C)O. The Morgan fingerprint density at radius 2 is 0.873 bits per heavy atom. The van der Waals surface area contributed by atoms with Crippen molar-refractivity contribution in [2.45, 2.75) is 192 Å². The van der Waals surface area contributed by atoms with E-state index < -0.39 is 169 Å². The number of aliphatic carboxylic acids is 1. The second kappa shape index (κ2) is 46.1. The van der Waals surface area contributed by atoms with Gasteiger partial charge in [0.05, 0.1) is 18.7 Å². The molecule has 30 N–H and O–H groups in total. The zero-order valence-electron chi connectivity index (χ0n) is 58.4. The number of amides is 12. The van der Waals surface area contributed by atoms with Crippen LogP contribution in [0.3, 0.4) is 0 Å². The van der Waals surface area contributed by atoms with Crippen molar-refractivity contribution in [3.8, 4) is 11.5 Å². The summed E-state index contributed by atoms with van der Waals surface area (Å²) in [4.78, 5) is 184. The Labute approximate surface area is 590 Å². The number of nitrogens with zero attached hydrogens (tertiary/aromatic N) is 2. The molecule has 0 heterocycles. The molecule has 0 radical (unpaired) electrons. The number of primary amides is 1. The van der Waals surface area contributed by atoms with Gasteiger partial charge in [0.2, 0.25) is 65.0 Å². The Balaban J connectivity index is 2.40. The zero-order chi connectivity index (χ0) is 76.8. The summed E-state index contributed by atoms with van der Waals surface area (Å²) < 4.78 is 0. The van der Waals surface area contributed by atoms with E-state index >= 15 is 0 Å². The van der Waals surface area contributed by atoms with E-state index in [1.54, 1.807) is 39.8 Å². The normalized spacial score (nSPS) is 14.3. The molecule has 0 aliphatic heterocycles.